The molecule has 1 aromatic rings. The maximum absolute atomic E-state index is 9.10. The van der Waals surface area contributed by atoms with Gasteiger partial charge in [0.25, 0.3) is 0 Å². The summed E-state index contributed by atoms with van der Waals surface area (Å²) in [6.45, 7) is 6.07. The molecule has 0 amide bonds. The van der Waals surface area contributed by atoms with E-state index >= 15 is 0 Å². The summed E-state index contributed by atoms with van der Waals surface area (Å²) in [7, 11) is 0. The predicted octanol–water partition coefficient (Wildman–Crippen LogP) is 2.40. The van der Waals surface area contributed by atoms with Crippen LogP contribution in [0.5, 0.6) is 0 Å². The van der Waals surface area contributed by atoms with Gasteiger partial charge in [0.05, 0.1) is 17.4 Å². The molecule has 24 heavy (non-hydrogen) atoms. The molecule has 134 valence electrons. The van der Waals surface area contributed by atoms with Crippen LogP contribution in [0.2, 0.25) is 0 Å². The fourth-order valence-electron chi connectivity index (χ4n) is 3.13. The first-order valence-electron chi connectivity index (χ1n) is 8.16. The highest BCUT2D eigenvalue weighted by atomic mass is 32.2. The smallest absolute Gasteiger partial charge is 0.414 e. The summed E-state index contributed by atoms with van der Waals surface area (Å²) in [6.07, 6.45) is 5.29. The molecule has 0 aliphatic carbocycles. The number of carboxylic acid groups (broad SMARTS) is 2. The molecule has 2 saturated heterocycles. The van der Waals surface area contributed by atoms with E-state index in [0.717, 1.165) is 5.92 Å². The van der Waals surface area contributed by atoms with Crippen LogP contribution < -0.4 is 0 Å². The Morgan fingerprint density at radius 3 is 2.54 bits per heavy atom. The summed E-state index contributed by atoms with van der Waals surface area (Å²) in [5, 5.41) is 16.0. The van der Waals surface area contributed by atoms with E-state index in [-0.39, 0.29) is 0 Å². The molecule has 2 N–H and O–H groups in total. The minimum Gasteiger partial charge on any atom is -0.473 e. The Morgan fingerprint density at radius 2 is 2.00 bits per heavy atom. The summed E-state index contributed by atoms with van der Waals surface area (Å²) in [4.78, 5) is 20.8. The molecule has 9 heteroatoms. The second-order valence-corrected chi connectivity index (χ2v) is 7.65. The van der Waals surface area contributed by atoms with E-state index in [2.05, 4.69) is 20.6 Å². The maximum atomic E-state index is 9.10. The Morgan fingerprint density at radius 1 is 1.25 bits per heavy atom. The molecule has 3 heterocycles. The van der Waals surface area contributed by atoms with Crippen LogP contribution >= 0.6 is 23.5 Å². The second-order valence-electron chi connectivity index (χ2n) is 6.04. The van der Waals surface area contributed by atoms with Crippen molar-refractivity contribution in [3.63, 3.8) is 0 Å². The van der Waals surface area contributed by atoms with Gasteiger partial charge in [0.15, 0.2) is 0 Å². The lowest BCUT2D eigenvalue weighted by atomic mass is 9.90. The fourth-order valence-corrected chi connectivity index (χ4v) is 4.90. The van der Waals surface area contributed by atoms with Gasteiger partial charge in [0.1, 0.15) is 5.03 Å². The van der Waals surface area contributed by atoms with Crippen LogP contribution in [0, 0.1) is 5.92 Å². The lowest BCUT2D eigenvalue weighted by Gasteiger charge is -2.20. The Kier molecular flexibility index (Phi) is 7.44. The molecule has 2 aliphatic heterocycles. The van der Waals surface area contributed by atoms with Gasteiger partial charge in [-0.3, -0.25) is 0 Å². The topological polar surface area (TPSA) is 104 Å². The Hall–Kier alpha value is -1.19. The molecular weight excluding hydrogens is 350 g/mol. The van der Waals surface area contributed by atoms with Gasteiger partial charge in [-0.2, -0.15) is 8.75 Å². The Labute approximate surface area is 149 Å². The van der Waals surface area contributed by atoms with Crippen molar-refractivity contribution in [1.82, 2.24) is 13.6 Å². The minimum absolute atomic E-state index is 0.672. The normalized spacial score (nSPS) is 24.5. The lowest BCUT2D eigenvalue weighted by Crippen LogP contribution is -2.22. The van der Waals surface area contributed by atoms with Crippen molar-refractivity contribution in [2.24, 2.45) is 5.92 Å². The first-order chi connectivity index (χ1) is 11.5. The van der Waals surface area contributed by atoms with Crippen LogP contribution in [0.25, 0.3) is 0 Å². The predicted molar refractivity (Wildman–Crippen MR) is 92.7 cm³/mol. The van der Waals surface area contributed by atoms with Crippen molar-refractivity contribution >= 4 is 35.4 Å². The standard InChI is InChI=1S/C13H21N3S2.C2H2O4/c1-2-3-4-7-17-13-12(14-18-15-13)11-9-16-6-5-10(11)8-16;3-1(4)2(5)6/h10-11H,2-9H2,1H3;(H,3,4)(H,5,6). The molecule has 0 spiro atoms. The van der Waals surface area contributed by atoms with E-state index in [4.69, 9.17) is 19.8 Å². The molecule has 2 bridgehead atoms. The molecular formula is C15H23N3O4S2. The largest absolute Gasteiger partial charge is 0.473 e. The lowest BCUT2D eigenvalue weighted by molar-refractivity contribution is -0.159. The van der Waals surface area contributed by atoms with Gasteiger partial charge in [0, 0.05) is 19.0 Å². The van der Waals surface area contributed by atoms with Gasteiger partial charge in [-0.25, -0.2) is 9.59 Å². The van der Waals surface area contributed by atoms with E-state index in [1.807, 2.05) is 11.8 Å². The van der Waals surface area contributed by atoms with E-state index in [9.17, 15) is 0 Å². The summed E-state index contributed by atoms with van der Waals surface area (Å²) >= 11 is 3.33. The third-order valence-electron chi connectivity index (χ3n) is 4.34. The van der Waals surface area contributed by atoms with Crippen molar-refractivity contribution in [3.05, 3.63) is 5.69 Å². The highest BCUT2D eigenvalue weighted by molar-refractivity contribution is 7.99. The van der Waals surface area contributed by atoms with Gasteiger partial charge >= 0.3 is 11.9 Å². The van der Waals surface area contributed by atoms with Crippen LogP contribution in [0.4, 0.5) is 0 Å². The zero-order valence-corrected chi connectivity index (χ0v) is 15.3. The number of carbonyl (C=O) groups is 2. The first kappa shape index (κ1) is 19.1. The molecule has 0 radical (unpaired) electrons. The average molecular weight is 374 g/mol. The summed E-state index contributed by atoms with van der Waals surface area (Å²) in [6, 6.07) is 0. The van der Waals surface area contributed by atoms with Gasteiger partial charge < -0.3 is 15.1 Å². The molecule has 2 fully saturated rings. The number of fused-ring (bicyclic) bond motifs is 2. The van der Waals surface area contributed by atoms with Gasteiger partial charge in [-0.15, -0.1) is 11.8 Å². The molecule has 7 nitrogen and oxygen atoms in total. The number of piperidine rings is 1. The number of carboxylic acids is 2. The molecule has 3 atom stereocenters. The zero-order valence-electron chi connectivity index (χ0n) is 13.7. The highest BCUT2D eigenvalue weighted by Crippen LogP contribution is 2.42. The number of hydrogen-bond acceptors (Lipinski definition) is 7. The summed E-state index contributed by atoms with van der Waals surface area (Å²) in [5.41, 5.74) is 1.31. The number of nitrogens with zero attached hydrogens (tertiary/aromatic N) is 3. The van der Waals surface area contributed by atoms with Gasteiger partial charge in [-0.05, 0) is 31.1 Å². The summed E-state index contributed by atoms with van der Waals surface area (Å²) in [5.74, 6) is -0.923. The van der Waals surface area contributed by atoms with E-state index < -0.39 is 11.9 Å². The molecule has 1 aromatic heterocycles. The van der Waals surface area contributed by atoms with Crippen LogP contribution in [0.3, 0.4) is 0 Å². The number of hydrogen-bond donors (Lipinski definition) is 2. The van der Waals surface area contributed by atoms with Crippen molar-refractivity contribution in [1.29, 1.82) is 0 Å². The van der Waals surface area contributed by atoms with Gasteiger partial charge in [-0.1, -0.05) is 19.8 Å². The molecule has 2 aliphatic rings. The van der Waals surface area contributed by atoms with E-state index in [1.165, 1.54) is 73.5 Å². The zero-order chi connectivity index (χ0) is 17.5. The number of thioether (sulfide) groups is 1. The van der Waals surface area contributed by atoms with Crippen molar-refractivity contribution in [3.8, 4) is 0 Å². The van der Waals surface area contributed by atoms with Gasteiger partial charge in [0.2, 0.25) is 0 Å². The average Bonchev–Trinajstić information content (AvgIpc) is 3.27. The van der Waals surface area contributed by atoms with E-state index in [1.54, 1.807) is 0 Å². The van der Waals surface area contributed by atoms with Crippen LogP contribution in [-0.2, 0) is 9.59 Å². The minimum atomic E-state index is -1.82. The van der Waals surface area contributed by atoms with Crippen molar-refractivity contribution in [2.75, 3.05) is 25.4 Å². The third kappa shape index (κ3) is 5.15. The highest BCUT2D eigenvalue weighted by Gasteiger charge is 2.41. The molecule has 0 saturated carbocycles. The number of aliphatic carboxylic acids is 2. The number of aromatic nitrogens is 2. The number of rotatable bonds is 6. The van der Waals surface area contributed by atoms with Crippen molar-refractivity contribution in [2.45, 2.75) is 43.6 Å². The second kappa shape index (κ2) is 9.33. The third-order valence-corrected chi connectivity index (χ3v) is 6.06. The summed E-state index contributed by atoms with van der Waals surface area (Å²) < 4.78 is 9.12. The SMILES string of the molecule is CCCCCSc1nsnc1C1CN2CCC1C2.O=C(O)C(=O)O. The van der Waals surface area contributed by atoms with Crippen molar-refractivity contribution < 1.29 is 19.8 Å². The quantitative estimate of drug-likeness (QED) is 0.445. The van der Waals surface area contributed by atoms with E-state index in [0.29, 0.717) is 5.92 Å². The maximum Gasteiger partial charge on any atom is 0.414 e. The Balaban J connectivity index is 0.000000301. The fraction of sp³-hybridized carbons (Fsp3) is 0.733. The molecule has 3 unspecified atom stereocenters. The Bertz CT molecular complexity index is 555. The first-order valence-corrected chi connectivity index (χ1v) is 9.88. The molecule has 3 rings (SSSR count). The van der Waals surface area contributed by atoms with Crippen LogP contribution in [0.15, 0.2) is 5.03 Å². The molecule has 0 aromatic carbocycles. The van der Waals surface area contributed by atoms with Crippen LogP contribution in [0.1, 0.15) is 44.2 Å². The number of unbranched alkanes of at least 4 members (excludes halogenated alkanes) is 2. The monoisotopic (exact) mass is 373 g/mol. The van der Waals surface area contributed by atoms with Crippen LogP contribution in [-0.4, -0.2) is 61.2 Å².